The maximum Gasteiger partial charge on any atom is 0.249 e. The summed E-state index contributed by atoms with van der Waals surface area (Å²) < 4.78 is 0. The number of nitrogens with one attached hydrogen (secondary N) is 6. The summed E-state index contributed by atoms with van der Waals surface area (Å²) in [6.07, 6.45) is 8.72. The van der Waals surface area contributed by atoms with Crippen LogP contribution in [0.1, 0.15) is 136 Å². The highest BCUT2D eigenvalue weighted by molar-refractivity contribution is 6.03. The van der Waals surface area contributed by atoms with Gasteiger partial charge < -0.3 is 37.9 Å². The molecule has 8 amide bonds. The summed E-state index contributed by atoms with van der Waals surface area (Å²) in [5.41, 5.74) is 22.4. The van der Waals surface area contributed by atoms with E-state index in [1.54, 1.807) is 13.8 Å². The molecule has 59 heavy (non-hydrogen) atoms. The number of hydrogen-bond donors (Lipinski definition) is 9. The molecule has 1 rings (SSSR count). The molecule has 1 fully saturated rings. The predicted molar refractivity (Wildman–Crippen MR) is 221 cm³/mol. The fourth-order valence-electron chi connectivity index (χ4n) is 6.39. The van der Waals surface area contributed by atoms with Crippen LogP contribution in [-0.4, -0.2) is 109 Å². The summed E-state index contributed by atoms with van der Waals surface area (Å²) in [6.45, 7) is 5.25. The number of likely N-dealkylation sites (tertiary alicyclic amines) is 1. The molecule has 0 radical (unpaired) electrons. The molecule has 0 aromatic carbocycles. The maximum absolute atomic E-state index is 13.7. The van der Waals surface area contributed by atoms with E-state index in [9.17, 15) is 43.2 Å². The van der Waals surface area contributed by atoms with E-state index in [1.807, 2.05) is 0 Å². The monoisotopic (exact) mass is 837 g/mol. The third-order valence-electron chi connectivity index (χ3n) is 10.1. The predicted octanol–water partition coefficient (Wildman–Crippen LogP) is -0.168. The number of imide groups is 2. The summed E-state index contributed by atoms with van der Waals surface area (Å²) in [7, 11) is 0. The first-order valence-corrected chi connectivity index (χ1v) is 21.4. The van der Waals surface area contributed by atoms with E-state index in [0.29, 0.717) is 122 Å². The lowest BCUT2D eigenvalue weighted by atomic mass is 10.0. The van der Waals surface area contributed by atoms with Crippen molar-refractivity contribution in [2.24, 2.45) is 29.0 Å². The fraction of sp³-hybridized carbons (Fsp3) is 0.775. The Morgan fingerprint density at radius 3 is 1.75 bits per heavy atom. The number of amides is 8. The summed E-state index contributed by atoms with van der Waals surface area (Å²) >= 11 is 0. The number of aldehydes is 1. The topological polar surface area (TPSA) is 307 Å². The van der Waals surface area contributed by atoms with Crippen molar-refractivity contribution in [2.45, 2.75) is 154 Å². The Balaban J connectivity index is 2.81. The highest BCUT2D eigenvalue weighted by atomic mass is 16.2. The van der Waals surface area contributed by atoms with Crippen molar-refractivity contribution in [3.05, 3.63) is 0 Å². The lowest BCUT2D eigenvalue weighted by Gasteiger charge is -2.25. The first-order chi connectivity index (χ1) is 28.3. The van der Waals surface area contributed by atoms with Crippen LogP contribution in [0.15, 0.2) is 0 Å². The zero-order valence-electron chi connectivity index (χ0n) is 35.3. The molecule has 0 saturated carbocycles. The normalized spacial score (nSPS) is 15.8. The van der Waals surface area contributed by atoms with Crippen LogP contribution in [0.5, 0.6) is 0 Å². The lowest BCUT2D eigenvalue weighted by Crippen LogP contribution is -2.58. The number of nitrogens with zero attached hydrogens (tertiary/aromatic N) is 1. The van der Waals surface area contributed by atoms with Gasteiger partial charge in [0.15, 0.2) is 0 Å². The number of carbonyl (C=O) groups excluding carboxylic acids is 9. The molecule has 2 unspecified atom stereocenters. The van der Waals surface area contributed by atoms with Gasteiger partial charge in [0.25, 0.3) is 0 Å². The smallest absolute Gasteiger partial charge is 0.249 e. The lowest BCUT2D eigenvalue weighted by molar-refractivity contribution is -0.139. The minimum Gasteiger partial charge on any atom is -0.356 e. The highest BCUT2D eigenvalue weighted by Gasteiger charge is 2.35. The molecule has 12 N–H and O–H groups in total. The van der Waals surface area contributed by atoms with Crippen molar-refractivity contribution in [2.75, 3.05) is 32.7 Å². The van der Waals surface area contributed by atoms with E-state index >= 15 is 0 Å². The number of carbonyl (C=O) groups is 9. The molecule has 0 aliphatic carbocycles. The van der Waals surface area contributed by atoms with Crippen LogP contribution in [0.25, 0.3) is 0 Å². The van der Waals surface area contributed by atoms with Gasteiger partial charge in [-0.05, 0) is 96.7 Å². The van der Waals surface area contributed by atoms with Crippen molar-refractivity contribution >= 4 is 53.5 Å². The van der Waals surface area contributed by atoms with E-state index in [0.717, 1.165) is 0 Å². The van der Waals surface area contributed by atoms with Crippen LogP contribution in [-0.2, 0) is 43.2 Å². The van der Waals surface area contributed by atoms with Gasteiger partial charge in [-0.3, -0.25) is 54.0 Å². The van der Waals surface area contributed by atoms with Crippen LogP contribution < -0.4 is 49.3 Å². The second kappa shape index (κ2) is 31.6. The van der Waals surface area contributed by atoms with E-state index in [1.165, 1.54) is 4.90 Å². The van der Waals surface area contributed by atoms with Gasteiger partial charge >= 0.3 is 0 Å². The summed E-state index contributed by atoms with van der Waals surface area (Å²) in [6, 6.07) is -3.04. The zero-order chi connectivity index (χ0) is 44.0. The summed E-state index contributed by atoms with van der Waals surface area (Å²) in [5.74, 6) is -3.97. The molecule has 1 aliphatic heterocycles. The highest BCUT2D eigenvalue weighted by Crippen LogP contribution is 2.19. The Bertz CT molecular complexity index is 1350. The minimum absolute atomic E-state index is 0.0556. The molecule has 5 atom stereocenters. The summed E-state index contributed by atoms with van der Waals surface area (Å²) in [4.78, 5) is 114. The average Bonchev–Trinajstić information content (AvgIpc) is 3.44. The Kier molecular flexibility index (Phi) is 28.2. The first-order valence-electron chi connectivity index (χ1n) is 21.4. The molecule has 19 nitrogen and oxygen atoms in total. The van der Waals surface area contributed by atoms with Crippen molar-refractivity contribution in [3.8, 4) is 0 Å². The van der Waals surface area contributed by atoms with Crippen LogP contribution in [0.2, 0.25) is 0 Å². The van der Waals surface area contributed by atoms with Gasteiger partial charge in [0.05, 0.1) is 0 Å². The van der Waals surface area contributed by atoms with Crippen LogP contribution in [0.4, 0.5) is 0 Å². The van der Waals surface area contributed by atoms with E-state index < -0.39 is 47.7 Å². The van der Waals surface area contributed by atoms with Gasteiger partial charge in [-0.1, -0.05) is 33.1 Å². The molecular formula is C40H72N10O9. The maximum atomic E-state index is 13.7. The minimum atomic E-state index is -1.08. The van der Waals surface area contributed by atoms with Gasteiger partial charge in [-0.2, -0.15) is 0 Å². The average molecular weight is 837 g/mol. The SMILES string of the molecule is CC(CC=O)C(=O)NCCCCCC(=O)NC(=O)[C@H](CCCCN)NC(=O)[C@H](CCCCN)NC(=O)[C@H](CCCCN)NNC(=O)CCCCCN1C(=O)CC(C)C1=O. The largest absolute Gasteiger partial charge is 0.356 e. The Hall–Kier alpha value is -4.33. The second-order valence-corrected chi connectivity index (χ2v) is 15.3. The van der Waals surface area contributed by atoms with E-state index in [-0.39, 0.29) is 68.1 Å². The Morgan fingerprint density at radius 2 is 1.20 bits per heavy atom. The van der Waals surface area contributed by atoms with Gasteiger partial charge in [-0.25, -0.2) is 5.43 Å². The molecule has 0 aromatic rings. The first kappa shape index (κ1) is 52.7. The van der Waals surface area contributed by atoms with Crippen LogP contribution in [0, 0.1) is 11.8 Å². The zero-order valence-corrected chi connectivity index (χ0v) is 35.3. The van der Waals surface area contributed by atoms with E-state index in [4.69, 9.17) is 17.2 Å². The quantitative estimate of drug-likeness (QED) is 0.0176. The second-order valence-electron chi connectivity index (χ2n) is 15.3. The van der Waals surface area contributed by atoms with E-state index in [2.05, 4.69) is 32.1 Å². The van der Waals surface area contributed by atoms with Crippen molar-refractivity contribution in [1.29, 1.82) is 0 Å². The third-order valence-corrected chi connectivity index (χ3v) is 10.1. The molecule has 0 spiro atoms. The van der Waals surface area contributed by atoms with Crippen molar-refractivity contribution < 1.29 is 43.2 Å². The standard InChI is InChI=1S/C40H72N10O9/c1-28(20-26-51)36(55)44-24-13-3-5-18-33(52)47-38(57)31(16-8-11-22-42)45-37(56)30(15-7-10-21-41)46-39(58)32(17-9-12-23-43)48-49-34(53)19-6-4-14-25-50-35(54)27-29(2)40(50)59/h26,28-32,48H,3-25,27,41-43H2,1-2H3,(H,44,55)(H,45,56)(H,46,58)(H,49,53)(H,47,52,57)/t28?,29?,30-,31-,32-/m0/s1. The van der Waals surface area contributed by atoms with Gasteiger partial charge in [-0.15, -0.1) is 0 Å². The number of rotatable bonds is 34. The number of unbranched alkanes of at least 4 members (excludes halogenated alkanes) is 7. The molecule has 1 saturated heterocycles. The number of hydrazine groups is 1. The van der Waals surface area contributed by atoms with Gasteiger partial charge in [0.2, 0.25) is 47.3 Å². The molecule has 1 aliphatic rings. The van der Waals surface area contributed by atoms with Crippen molar-refractivity contribution in [3.63, 3.8) is 0 Å². The Morgan fingerprint density at radius 1 is 0.678 bits per heavy atom. The molecule has 336 valence electrons. The van der Waals surface area contributed by atoms with Crippen LogP contribution >= 0.6 is 0 Å². The molecule has 0 aromatic heterocycles. The molecule has 19 heteroatoms. The number of hydrogen-bond acceptors (Lipinski definition) is 13. The third kappa shape index (κ3) is 22.6. The van der Waals surface area contributed by atoms with Gasteiger partial charge in [0.1, 0.15) is 24.4 Å². The summed E-state index contributed by atoms with van der Waals surface area (Å²) in [5, 5.41) is 10.6. The van der Waals surface area contributed by atoms with Crippen molar-refractivity contribution in [1.82, 2.24) is 37.0 Å². The molecular weight excluding hydrogens is 765 g/mol. The van der Waals surface area contributed by atoms with Crippen LogP contribution in [0.3, 0.4) is 0 Å². The van der Waals surface area contributed by atoms with Gasteiger partial charge in [0, 0.05) is 50.6 Å². The number of nitrogens with two attached hydrogens (primary N) is 3. The molecule has 0 bridgehead atoms. The Labute approximate surface area is 348 Å². The fourth-order valence-corrected chi connectivity index (χ4v) is 6.39. The molecule has 1 heterocycles.